The highest BCUT2D eigenvalue weighted by molar-refractivity contribution is 7.98. The minimum Gasteiger partial charge on any atom is -0.459 e. The van der Waals surface area contributed by atoms with Crippen LogP contribution in [-0.4, -0.2) is 60.0 Å². The van der Waals surface area contributed by atoms with Crippen molar-refractivity contribution >= 4 is 23.6 Å². The van der Waals surface area contributed by atoms with Crippen LogP contribution in [0.1, 0.15) is 42.8 Å². The Labute approximate surface area is 187 Å². The molecular formula is C24H30N2O4S. The smallest absolute Gasteiger partial charge is 0.289 e. The van der Waals surface area contributed by atoms with Crippen LogP contribution < -0.4 is 0 Å². The lowest BCUT2D eigenvalue weighted by atomic mass is 9.94. The van der Waals surface area contributed by atoms with Crippen molar-refractivity contribution in [1.82, 2.24) is 9.80 Å². The van der Waals surface area contributed by atoms with E-state index in [-0.39, 0.29) is 29.9 Å². The van der Waals surface area contributed by atoms with Crippen LogP contribution in [-0.2, 0) is 15.3 Å². The highest BCUT2D eigenvalue weighted by Crippen LogP contribution is 2.27. The van der Waals surface area contributed by atoms with Crippen LogP contribution in [0.25, 0.3) is 0 Å². The van der Waals surface area contributed by atoms with Crippen molar-refractivity contribution in [3.05, 3.63) is 54.0 Å². The number of ether oxygens (including phenoxy) is 1. The lowest BCUT2D eigenvalue weighted by molar-refractivity contribution is -0.148. The number of likely N-dealkylation sites (tertiary alicyclic amines) is 1. The largest absolute Gasteiger partial charge is 0.459 e. The van der Waals surface area contributed by atoms with Gasteiger partial charge in [-0.3, -0.25) is 9.59 Å². The molecule has 166 valence electrons. The highest BCUT2D eigenvalue weighted by Gasteiger charge is 2.34. The monoisotopic (exact) mass is 442 g/mol. The number of piperidine rings is 1. The third kappa shape index (κ3) is 5.33. The molecule has 0 radical (unpaired) electrons. The summed E-state index contributed by atoms with van der Waals surface area (Å²) in [4.78, 5) is 31.0. The first kappa shape index (κ1) is 22.0. The van der Waals surface area contributed by atoms with Gasteiger partial charge in [-0.1, -0.05) is 18.2 Å². The Bertz CT molecular complexity index is 882. The van der Waals surface area contributed by atoms with Crippen LogP contribution in [0.2, 0.25) is 0 Å². The van der Waals surface area contributed by atoms with Gasteiger partial charge in [0.25, 0.3) is 5.91 Å². The number of furan rings is 1. The van der Waals surface area contributed by atoms with Gasteiger partial charge in [0.2, 0.25) is 5.91 Å². The summed E-state index contributed by atoms with van der Waals surface area (Å²) < 4.78 is 11.3. The summed E-state index contributed by atoms with van der Waals surface area (Å²) in [5, 5.41) is 0. The Kier molecular flexibility index (Phi) is 7.02. The molecule has 3 heterocycles. The Balaban J connectivity index is 1.32. The summed E-state index contributed by atoms with van der Waals surface area (Å²) >= 11 is 1.69. The summed E-state index contributed by atoms with van der Waals surface area (Å²) in [6, 6.07) is 12.0. The van der Waals surface area contributed by atoms with Crippen molar-refractivity contribution in [2.24, 2.45) is 5.92 Å². The van der Waals surface area contributed by atoms with Crippen LogP contribution >= 0.6 is 11.8 Å². The summed E-state index contributed by atoms with van der Waals surface area (Å²) in [7, 11) is 0. The highest BCUT2D eigenvalue weighted by atomic mass is 32.2. The number of morpholine rings is 1. The lowest BCUT2D eigenvalue weighted by Gasteiger charge is -2.39. The zero-order valence-corrected chi connectivity index (χ0v) is 19.0. The minimum atomic E-state index is -0.0758. The number of hydrogen-bond donors (Lipinski definition) is 0. The molecule has 0 saturated carbocycles. The SMILES string of the molecule is CC1CN(C(=O)C2CCN(C(=O)c3occc3CSc3ccccc3)CC2)CC(C)O1. The van der Waals surface area contributed by atoms with Crippen LogP contribution in [0, 0.1) is 5.92 Å². The van der Waals surface area contributed by atoms with Gasteiger partial charge in [-0.25, -0.2) is 0 Å². The van der Waals surface area contributed by atoms with Crippen molar-refractivity contribution in [2.45, 2.75) is 49.5 Å². The van der Waals surface area contributed by atoms with Crippen molar-refractivity contribution < 1.29 is 18.7 Å². The second-order valence-electron chi connectivity index (χ2n) is 8.44. The minimum absolute atomic E-state index is 0.0220. The average molecular weight is 443 g/mol. The summed E-state index contributed by atoms with van der Waals surface area (Å²) in [6.07, 6.45) is 3.12. The maximum absolute atomic E-state index is 13.1. The van der Waals surface area contributed by atoms with Crippen LogP contribution in [0.15, 0.2) is 52.0 Å². The fourth-order valence-electron chi connectivity index (χ4n) is 4.40. The predicted molar refractivity (Wildman–Crippen MR) is 120 cm³/mol. The van der Waals surface area contributed by atoms with Crippen molar-refractivity contribution in [3.8, 4) is 0 Å². The predicted octanol–water partition coefficient (Wildman–Crippen LogP) is 4.06. The van der Waals surface area contributed by atoms with E-state index in [0.717, 1.165) is 10.5 Å². The molecule has 2 aliphatic rings. The van der Waals surface area contributed by atoms with Crippen LogP contribution in [0.4, 0.5) is 0 Å². The van der Waals surface area contributed by atoms with E-state index in [4.69, 9.17) is 9.15 Å². The van der Waals surface area contributed by atoms with E-state index >= 15 is 0 Å². The van der Waals surface area contributed by atoms with Gasteiger partial charge < -0.3 is 19.0 Å². The molecule has 2 aromatic rings. The van der Waals surface area contributed by atoms with Gasteiger partial charge >= 0.3 is 0 Å². The Morgan fingerprint density at radius 2 is 1.68 bits per heavy atom. The molecule has 0 aliphatic carbocycles. The molecule has 2 amide bonds. The molecule has 2 fully saturated rings. The van der Waals surface area contributed by atoms with Crippen LogP contribution in [0.5, 0.6) is 0 Å². The van der Waals surface area contributed by atoms with Gasteiger partial charge in [0, 0.05) is 48.3 Å². The fourth-order valence-corrected chi connectivity index (χ4v) is 5.30. The van der Waals surface area contributed by atoms with Gasteiger partial charge in [-0.05, 0) is 44.9 Å². The molecule has 2 unspecified atom stereocenters. The summed E-state index contributed by atoms with van der Waals surface area (Å²) in [5.41, 5.74) is 0.911. The van der Waals surface area contributed by atoms with E-state index in [1.807, 2.05) is 47.9 Å². The first-order valence-electron chi connectivity index (χ1n) is 11.0. The number of carbonyl (C=O) groups excluding carboxylic acids is 2. The molecular weight excluding hydrogens is 412 g/mol. The number of carbonyl (C=O) groups is 2. The third-order valence-electron chi connectivity index (χ3n) is 5.94. The number of thioether (sulfide) groups is 1. The van der Waals surface area contributed by atoms with Gasteiger partial charge in [-0.2, -0.15) is 0 Å². The maximum atomic E-state index is 13.1. The first-order valence-corrected chi connectivity index (χ1v) is 12.0. The molecule has 2 aliphatic heterocycles. The molecule has 31 heavy (non-hydrogen) atoms. The molecule has 2 atom stereocenters. The van der Waals surface area contributed by atoms with Crippen LogP contribution in [0.3, 0.4) is 0 Å². The van der Waals surface area contributed by atoms with Gasteiger partial charge in [0.1, 0.15) is 0 Å². The maximum Gasteiger partial charge on any atom is 0.289 e. The number of benzene rings is 1. The summed E-state index contributed by atoms with van der Waals surface area (Å²) in [5.74, 6) is 1.21. The van der Waals surface area contributed by atoms with E-state index in [0.29, 0.717) is 50.5 Å². The zero-order valence-electron chi connectivity index (χ0n) is 18.2. The van der Waals surface area contributed by atoms with Gasteiger partial charge in [0.15, 0.2) is 5.76 Å². The molecule has 2 saturated heterocycles. The van der Waals surface area contributed by atoms with E-state index < -0.39 is 0 Å². The molecule has 0 N–H and O–H groups in total. The molecule has 6 nitrogen and oxygen atoms in total. The lowest BCUT2D eigenvalue weighted by Crippen LogP contribution is -2.51. The van der Waals surface area contributed by atoms with E-state index in [2.05, 4.69) is 12.1 Å². The second kappa shape index (κ2) is 9.92. The number of amides is 2. The Hall–Kier alpha value is -2.25. The molecule has 0 spiro atoms. The first-order chi connectivity index (χ1) is 15.0. The molecule has 1 aromatic heterocycles. The van der Waals surface area contributed by atoms with Gasteiger partial charge in [-0.15, -0.1) is 11.8 Å². The quantitative estimate of drug-likeness (QED) is 0.654. The molecule has 1 aromatic carbocycles. The topological polar surface area (TPSA) is 63.0 Å². The zero-order chi connectivity index (χ0) is 21.8. The standard InChI is InChI=1S/C24H30N2O4S/c1-17-14-26(15-18(2)30-17)23(27)19-8-11-25(12-9-19)24(28)22-20(10-13-29-22)16-31-21-6-4-3-5-7-21/h3-7,10,13,17-19H,8-9,11-12,14-16H2,1-2H3. The van der Waals surface area contributed by atoms with Crippen molar-refractivity contribution in [3.63, 3.8) is 0 Å². The second-order valence-corrected chi connectivity index (χ2v) is 9.49. The summed E-state index contributed by atoms with van der Waals surface area (Å²) in [6.45, 7) is 6.48. The number of nitrogens with zero attached hydrogens (tertiary/aromatic N) is 2. The van der Waals surface area contributed by atoms with Crippen molar-refractivity contribution in [2.75, 3.05) is 26.2 Å². The Morgan fingerprint density at radius 1 is 1.00 bits per heavy atom. The van der Waals surface area contributed by atoms with Crippen molar-refractivity contribution in [1.29, 1.82) is 0 Å². The third-order valence-corrected chi connectivity index (χ3v) is 7.00. The average Bonchev–Trinajstić information content (AvgIpc) is 3.25. The van der Waals surface area contributed by atoms with Gasteiger partial charge in [0.05, 0.1) is 18.5 Å². The van der Waals surface area contributed by atoms with E-state index in [9.17, 15) is 9.59 Å². The van der Waals surface area contributed by atoms with E-state index in [1.165, 1.54) is 0 Å². The molecule has 7 heteroatoms. The number of rotatable bonds is 5. The normalized spacial score (nSPS) is 22.5. The molecule has 0 bridgehead atoms. The molecule has 4 rings (SSSR count). The Morgan fingerprint density at radius 3 is 2.35 bits per heavy atom. The van der Waals surface area contributed by atoms with E-state index in [1.54, 1.807) is 18.0 Å². The number of hydrogen-bond acceptors (Lipinski definition) is 5. The fraction of sp³-hybridized carbons (Fsp3) is 0.500.